The lowest BCUT2D eigenvalue weighted by Crippen LogP contribution is -2.27. The van der Waals surface area contributed by atoms with Gasteiger partial charge in [-0.15, -0.1) is 0 Å². The molecule has 2 aromatic rings. The fourth-order valence-corrected chi connectivity index (χ4v) is 4.49. The number of benzene rings is 2. The number of dihydropyridines is 1. The van der Waals surface area contributed by atoms with Crippen LogP contribution in [0, 0.1) is 11.3 Å². The van der Waals surface area contributed by atoms with Gasteiger partial charge in [0.15, 0.2) is 5.78 Å². The Morgan fingerprint density at radius 2 is 1.68 bits per heavy atom. The maximum atomic E-state index is 12.4. The van der Waals surface area contributed by atoms with Gasteiger partial charge < -0.3 is 10.6 Å². The Balaban J connectivity index is 1.86. The topological polar surface area (TPSA) is 82.0 Å². The summed E-state index contributed by atoms with van der Waals surface area (Å²) in [6.07, 6.45) is 0. The lowest BCUT2D eigenvalue weighted by Gasteiger charge is -2.29. The van der Waals surface area contributed by atoms with Crippen molar-refractivity contribution >= 4 is 52.3 Å². The average Bonchev–Trinajstić information content (AvgIpc) is 2.73. The van der Waals surface area contributed by atoms with Gasteiger partial charge in [-0.05, 0) is 55.8 Å². The number of nitrogens with zero attached hydrogens (tertiary/aromatic N) is 1. The summed E-state index contributed by atoms with van der Waals surface area (Å²) in [6, 6.07) is 16.1. The average molecular weight is 472 g/mol. The van der Waals surface area contributed by atoms with E-state index >= 15 is 0 Å². The first-order valence-corrected chi connectivity index (χ1v) is 11.1. The van der Waals surface area contributed by atoms with E-state index in [0.29, 0.717) is 37.6 Å². The Hall–Kier alpha value is -2.72. The normalized spacial score (nSPS) is 15.9. The SMILES string of the molecule is CC(=O)C1=C(C)NC(SCC(=O)Nc2ccc(Cl)cc2)=C(C#N)[C@@H]1c1ccc(Cl)cc1. The fourth-order valence-electron chi connectivity index (χ4n) is 3.35. The summed E-state index contributed by atoms with van der Waals surface area (Å²) in [4.78, 5) is 24.8. The molecule has 0 bridgehead atoms. The van der Waals surface area contributed by atoms with Gasteiger partial charge in [0.2, 0.25) is 5.91 Å². The maximum Gasteiger partial charge on any atom is 0.234 e. The van der Waals surface area contributed by atoms with Crippen LogP contribution in [0.25, 0.3) is 0 Å². The maximum absolute atomic E-state index is 12.4. The molecular weight excluding hydrogens is 453 g/mol. The largest absolute Gasteiger partial charge is 0.353 e. The number of carbonyl (C=O) groups is 2. The number of ketones is 1. The van der Waals surface area contributed by atoms with Crippen molar-refractivity contribution in [3.63, 3.8) is 0 Å². The van der Waals surface area contributed by atoms with E-state index in [9.17, 15) is 14.9 Å². The fraction of sp³-hybridized carbons (Fsp3) is 0.174. The van der Waals surface area contributed by atoms with E-state index in [1.165, 1.54) is 18.7 Å². The van der Waals surface area contributed by atoms with Crippen molar-refractivity contribution in [3.8, 4) is 6.07 Å². The van der Waals surface area contributed by atoms with Crippen molar-refractivity contribution in [2.75, 3.05) is 11.1 Å². The van der Waals surface area contributed by atoms with Crippen LogP contribution < -0.4 is 10.6 Å². The molecule has 1 aliphatic rings. The van der Waals surface area contributed by atoms with E-state index in [1.54, 1.807) is 55.5 Å². The minimum atomic E-state index is -0.525. The number of amides is 1. The summed E-state index contributed by atoms with van der Waals surface area (Å²) in [5.74, 6) is -0.780. The smallest absolute Gasteiger partial charge is 0.234 e. The van der Waals surface area contributed by atoms with E-state index < -0.39 is 5.92 Å². The molecule has 5 nitrogen and oxygen atoms in total. The number of hydrogen-bond donors (Lipinski definition) is 2. The van der Waals surface area contributed by atoms with Crippen molar-refractivity contribution < 1.29 is 9.59 Å². The van der Waals surface area contributed by atoms with E-state index in [-0.39, 0.29) is 17.4 Å². The van der Waals surface area contributed by atoms with Crippen LogP contribution in [0.3, 0.4) is 0 Å². The lowest BCUT2D eigenvalue weighted by atomic mass is 9.81. The number of halogens is 2. The standard InChI is InChI=1S/C23H19Cl2N3O2S/c1-13-21(14(2)29)22(15-3-5-16(24)6-4-15)19(11-26)23(27-13)31-12-20(30)28-18-9-7-17(25)8-10-18/h3-10,22,27H,12H2,1-2H3,(H,28,30)/t22-/m0/s1. The third-order valence-corrected chi connectivity index (χ3v) is 6.23. The lowest BCUT2D eigenvalue weighted by molar-refractivity contribution is -0.114. The highest BCUT2D eigenvalue weighted by atomic mass is 35.5. The molecule has 8 heteroatoms. The van der Waals surface area contributed by atoms with Crippen LogP contribution in [0.1, 0.15) is 25.3 Å². The van der Waals surface area contributed by atoms with Crippen molar-refractivity contribution in [1.29, 1.82) is 5.26 Å². The molecule has 1 aliphatic heterocycles. The van der Waals surface area contributed by atoms with Gasteiger partial charge in [-0.3, -0.25) is 9.59 Å². The van der Waals surface area contributed by atoms with Crippen LogP contribution in [0.2, 0.25) is 10.0 Å². The van der Waals surface area contributed by atoms with Gasteiger partial charge in [-0.2, -0.15) is 5.26 Å². The minimum Gasteiger partial charge on any atom is -0.353 e. The minimum absolute atomic E-state index is 0.0894. The number of rotatable bonds is 6. The van der Waals surface area contributed by atoms with Gasteiger partial charge in [0.25, 0.3) is 0 Å². The third-order valence-electron chi connectivity index (χ3n) is 4.71. The van der Waals surface area contributed by atoms with Crippen LogP contribution in [0.15, 0.2) is 70.4 Å². The number of carbonyl (C=O) groups excluding carboxylic acids is 2. The Kier molecular flexibility index (Phi) is 7.45. The van der Waals surface area contributed by atoms with Crippen LogP contribution >= 0.6 is 35.0 Å². The summed E-state index contributed by atoms with van der Waals surface area (Å²) < 4.78 is 0. The zero-order chi connectivity index (χ0) is 22.5. The Labute approximate surface area is 195 Å². The van der Waals surface area contributed by atoms with Gasteiger partial charge in [0.1, 0.15) is 0 Å². The second kappa shape index (κ2) is 10.1. The first-order chi connectivity index (χ1) is 14.8. The zero-order valence-corrected chi connectivity index (χ0v) is 19.2. The Morgan fingerprint density at radius 3 is 2.23 bits per heavy atom. The van der Waals surface area contributed by atoms with Gasteiger partial charge >= 0.3 is 0 Å². The van der Waals surface area contributed by atoms with Crippen molar-refractivity contribution in [3.05, 3.63) is 86.0 Å². The molecule has 1 heterocycles. The second-order valence-electron chi connectivity index (χ2n) is 6.90. The number of hydrogen-bond acceptors (Lipinski definition) is 5. The first-order valence-electron chi connectivity index (χ1n) is 9.36. The van der Waals surface area contributed by atoms with Gasteiger partial charge in [-0.25, -0.2) is 0 Å². The number of thioether (sulfide) groups is 1. The number of nitrogens with one attached hydrogen (secondary N) is 2. The molecule has 0 radical (unpaired) electrons. The van der Waals surface area contributed by atoms with Crippen LogP contribution in [-0.4, -0.2) is 17.4 Å². The molecular formula is C23H19Cl2N3O2S. The van der Waals surface area contributed by atoms with E-state index in [2.05, 4.69) is 16.7 Å². The number of anilines is 1. The molecule has 158 valence electrons. The second-order valence-corrected chi connectivity index (χ2v) is 8.76. The molecule has 0 saturated heterocycles. The number of nitriles is 1. The molecule has 0 aliphatic carbocycles. The molecule has 0 aromatic heterocycles. The molecule has 1 atom stereocenters. The molecule has 2 N–H and O–H groups in total. The predicted octanol–water partition coefficient (Wildman–Crippen LogP) is 5.65. The molecule has 0 fully saturated rings. The summed E-state index contributed by atoms with van der Waals surface area (Å²) in [5.41, 5.74) is 2.99. The predicted molar refractivity (Wildman–Crippen MR) is 126 cm³/mol. The van der Waals surface area contributed by atoms with Gasteiger partial charge in [0.05, 0.1) is 28.3 Å². The van der Waals surface area contributed by atoms with E-state index in [1.807, 2.05) is 0 Å². The van der Waals surface area contributed by atoms with Crippen molar-refractivity contribution in [1.82, 2.24) is 5.32 Å². The molecule has 2 aromatic carbocycles. The highest BCUT2D eigenvalue weighted by Crippen LogP contribution is 2.41. The summed E-state index contributed by atoms with van der Waals surface area (Å²) >= 11 is 13.1. The monoisotopic (exact) mass is 471 g/mol. The molecule has 0 unspecified atom stereocenters. The Morgan fingerprint density at radius 1 is 1.10 bits per heavy atom. The molecule has 0 saturated carbocycles. The molecule has 0 spiro atoms. The van der Waals surface area contributed by atoms with Crippen LogP contribution in [-0.2, 0) is 9.59 Å². The molecule has 1 amide bonds. The first kappa shape index (κ1) is 23.0. The Bertz CT molecular complexity index is 1120. The van der Waals surface area contributed by atoms with E-state index in [4.69, 9.17) is 23.2 Å². The van der Waals surface area contributed by atoms with Crippen molar-refractivity contribution in [2.45, 2.75) is 19.8 Å². The number of Topliss-reactive ketones (excluding diaryl/α,β-unsaturated/α-hetero) is 1. The quantitative estimate of drug-likeness (QED) is 0.568. The highest BCUT2D eigenvalue weighted by Gasteiger charge is 2.33. The van der Waals surface area contributed by atoms with Gasteiger partial charge in [-0.1, -0.05) is 47.1 Å². The van der Waals surface area contributed by atoms with Crippen molar-refractivity contribution in [2.24, 2.45) is 0 Å². The van der Waals surface area contributed by atoms with Crippen LogP contribution in [0.4, 0.5) is 5.69 Å². The molecule has 31 heavy (non-hydrogen) atoms. The number of allylic oxidation sites excluding steroid dienone is 3. The van der Waals surface area contributed by atoms with E-state index in [0.717, 1.165) is 5.56 Å². The molecule has 3 rings (SSSR count). The van der Waals surface area contributed by atoms with Crippen LogP contribution in [0.5, 0.6) is 0 Å². The highest BCUT2D eigenvalue weighted by molar-refractivity contribution is 8.03. The third kappa shape index (κ3) is 5.50. The summed E-state index contributed by atoms with van der Waals surface area (Å²) in [6.45, 7) is 3.28. The summed E-state index contributed by atoms with van der Waals surface area (Å²) in [5, 5.41) is 17.6. The summed E-state index contributed by atoms with van der Waals surface area (Å²) in [7, 11) is 0. The van der Waals surface area contributed by atoms with Gasteiger partial charge in [0, 0.05) is 27.0 Å². The zero-order valence-electron chi connectivity index (χ0n) is 16.8.